The molecule has 3 heterocycles. The molecule has 0 saturated carbocycles. The van der Waals surface area contributed by atoms with Crippen molar-refractivity contribution in [2.24, 2.45) is 7.05 Å². The van der Waals surface area contributed by atoms with Gasteiger partial charge in [-0.3, -0.25) is 9.58 Å². The van der Waals surface area contributed by atoms with Gasteiger partial charge < -0.3 is 4.90 Å². The van der Waals surface area contributed by atoms with E-state index in [1.54, 1.807) is 10.7 Å². The number of hydrogen-bond donors (Lipinski definition) is 0. The van der Waals surface area contributed by atoms with Gasteiger partial charge in [0.25, 0.3) is 0 Å². The highest BCUT2D eigenvalue weighted by molar-refractivity contribution is 6.30. The molecule has 1 aliphatic rings. The first kappa shape index (κ1) is 16.5. The van der Waals surface area contributed by atoms with Crippen LogP contribution in [0.2, 0.25) is 10.3 Å². The Morgan fingerprint density at radius 3 is 2.43 bits per heavy atom. The van der Waals surface area contributed by atoms with Crippen LogP contribution in [-0.2, 0) is 20.0 Å². The molecule has 8 heteroatoms. The predicted octanol–water partition coefficient (Wildman–Crippen LogP) is 2.40. The van der Waals surface area contributed by atoms with E-state index in [-0.39, 0.29) is 0 Å². The Balaban J connectivity index is 1.62. The monoisotopic (exact) mass is 354 g/mol. The first-order valence-corrected chi connectivity index (χ1v) is 8.51. The lowest BCUT2D eigenvalue weighted by molar-refractivity contribution is 0.248. The average molecular weight is 355 g/mol. The molecule has 6 nitrogen and oxygen atoms in total. The zero-order valence-corrected chi connectivity index (χ0v) is 14.8. The van der Waals surface area contributed by atoms with Gasteiger partial charge in [-0.15, -0.1) is 10.2 Å². The van der Waals surface area contributed by atoms with Gasteiger partial charge >= 0.3 is 0 Å². The molecule has 124 valence electrons. The second kappa shape index (κ2) is 7.03. The van der Waals surface area contributed by atoms with Gasteiger partial charge in [-0.2, -0.15) is 5.10 Å². The molecule has 23 heavy (non-hydrogen) atoms. The van der Waals surface area contributed by atoms with Gasteiger partial charge in [0.1, 0.15) is 5.15 Å². The Labute approximate surface area is 146 Å². The van der Waals surface area contributed by atoms with Crippen molar-refractivity contribution in [1.29, 1.82) is 0 Å². The minimum Gasteiger partial charge on any atom is -0.353 e. The number of hydrogen-bond acceptors (Lipinski definition) is 5. The zero-order chi connectivity index (χ0) is 16.4. The molecule has 0 atom stereocenters. The summed E-state index contributed by atoms with van der Waals surface area (Å²) in [5, 5.41) is 13.7. The SMILES string of the molecule is CCc1nn(C)c(Cl)c1CN1CCN(c2ccc(Cl)nn2)CC1. The van der Waals surface area contributed by atoms with E-state index in [2.05, 4.69) is 32.0 Å². The van der Waals surface area contributed by atoms with Gasteiger partial charge in [0.2, 0.25) is 0 Å². The maximum Gasteiger partial charge on any atom is 0.151 e. The number of piperazine rings is 1. The van der Waals surface area contributed by atoms with E-state index in [4.69, 9.17) is 23.2 Å². The number of aryl methyl sites for hydroxylation is 2. The lowest BCUT2D eigenvalue weighted by atomic mass is 10.2. The molecule has 0 spiro atoms. The van der Waals surface area contributed by atoms with Crippen molar-refractivity contribution in [3.8, 4) is 0 Å². The summed E-state index contributed by atoms with van der Waals surface area (Å²) < 4.78 is 1.76. The van der Waals surface area contributed by atoms with Gasteiger partial charge in [-0.1, -0.05) is 30.1 Å². The highest BCUT2D eigenvalue weighted by Crippen LogP contribution is 2.23. The normalized spacial score (nSPS) is 16.1. The van der Waals surface area contributed by atoms with Crippen LogP contribution < -0.4 is 4.90 Å². The molecule has 0 unspecified atom stereocenters. The van der Waals surface area contributed by atoms with Crippen molar-refractivity contribution >= 4 is 29.0 Å². The number of halogens is 2. The Hall–Kier alpha value is -1.37. The van der Waals surface area contributed by atoms with Crippen LogP contribution in [-0.4, -0.2) is 51.1 Å². The van der Waals surface area contributed by atoms with Crippen molar-refractivity contribution in [2.75, 3.05) is 31.1 Å². The minimum atomic E-state index is 0.422. The summed E-state index contributed by atoms with van der Waals surface area (Å²) >= 11 is 12.2. The summed E-state index contributed by atoms with van der Waals surface area (Å²) in [4.78, 5) is 4.63. The number of anilines is 1. The average Bonchev–Trinajstić information content (AvgIpc) is 2.84. The van der Waals surface area contributed by atoms with Crippen LogP contribution in [0.1, 0.15) is 18.2 Å². The van der Waals surface area contributed by atoms with Gasteiger partial charge in [0.15, 0.2) is 11.0 Å². The van der Waals surface area contributed by atoms with Crippen LogP contribution >= 0.6 is 23.2 Å². The molecular weight excluding hydrogens is 335 g/mol. The van der Waals surface area contributed by atoms with Crippen LogP contribution in [0, 0.1) is 0 Å². The van der Waals surface area contributed by atoms with Crippen molar-refractivity contribution < 1.29 is 0 Å². The van der Waals surface area contributed by atoms with Crippen LogP contribution in [0.3, 0.4) is 0 Å². The minimum absolute atomic E-state index is 0.422. The molecule has 0 amide bonds. The summed E-state index contributed by atoms with van der Waals surface area (Å²) in [7, 11) is 1.89. The molecule has 2 aromatic heterocycles. The van der Waals surface area contributed by atoms with Crippen LogP contribution in [0.4, 0.5) is 5.82 Å². The fourth-order valence-electron chi connectivity index (χ4n) is 2.88. The van der Waals surface area contributed by atoms with Crippen molar-refractivity contribution in [1.82, 2.24) is 24.9 Å². The van der Waals surface area contributed by atoms with Crippen molar-refractivity contribution in [3.63, 3.8) is 0 Å². The number of rotatable bonds is 4. The van der Waals surface area contributed by atoms with Crippen LogP contribution in [0.15, 0.2) is 12.1 Å². The molecule has 1 saturated heterocycles. The Kier molecular flexibility index (Phi) is 5.04. The second-order valence-electron chi connectivity index (χ2n) is 5.67. The van der Waals surface area contributed by atoms with E-state index < -0.39 is 0 Å². The lowest BCUT2D eigenvalue weighted by Crippen LogP contribution is -2.46. The smallest absolute Gasteiger partial charge is 0.151 e. The fourth-order valence-corrected chi connectivity index (χ4v) is 3.18. The molecule has 0 N–H and O–H groups in total. The van der Waals surface area contributed by atoms with Gasteiger partial charge in [-0.25, -0.2) is 0 Å². The molecule has 1 fully saturated rings. The van der Waals surface area contributed by atoms with E-state index >= 15 is 0 Å². The summed E-state index contributed by atoms with van der Waals surface area (Å²) in [6.45, 7) is 6.69. The Morgan fingerprint density at radius 1 is 1.09 bits per heavy atom. The lowest BCUT2D eigenvalue weighted by Gasteiger charge is -2.35. The first-order chi connectivity index (χ1) is 11.1. The largest absolute Gasteiger partial charge is 0.353 e. The zero-order valence-electron chi connectivity index (χ0n) is 13.3. The van der Waals surface area contributed by atoms with E-state index in [1.165, 1.54) is 0 Å². The molecule has 2 aromatic rings. The third-order valence-electron chi connectivity index (χ3n) is 4.18. The molecule has 3 rings (SSSR count). The third-order valence-corrected chi connectivity index (χ3v) is 4.86. The van der Waals surface area contributed by atoms with Crippen LogP contribution in [0.5, 0.6) is 0 Å². The third kappa shape index (κ3) is 3.59. The van der Waals surface area contributed by atoms with Gasteiger partial charge in [-0.05, 0) is 18.6 Å². The maximum absolute atomic E-state index is 6.38. The molecule has 0 aliphatic carbocycles. The maximum atomic E-state index is 6.38. The topological polar surface area (TPSA) is 50.1 Å². The highest BCUT2D eigenvalue weighted by Gasteiger charge is 2.21. The van der Waals surface area contributed by atoms with E-state index in [1.807, 2.05) is 13.1 Å². The van der Waals surface area contributed by atoms with Gasteiger partial charge in [0.05, 0.1) is 5.69 Å². The molecule has 1 aliphatic heterocycles. The first-order valence-electron chi connectivity index (χ1n) is 7.75. The summed E-state index contributed by atoms with van der Waals surface area (Å²) in [6.07, 6.45) is 0.899. The quantitative estimate of drug-likeness (QED) is 0.843. The summed E-state index contributed by atoms with van der Waals surface area (Å²) in [6, 6.07) is 3.69. The standard InChI is InChI=1S/C15H20Cl2N6/c1-3-12-11(15(17)21(2)20-12)10-22-6-8-23(9-7-22)14-5-4-13(16)18-19-14/h4-5H,3,6-10H2,1-2H3. The highest BCUT2D eigenvalue weighted by atomic mass is 35.5. The van der Waals surface area contributed by atoms with E-state index in [0.717, 1.165) is 61.4 Å². The summed E-state index contributed by atoms with van der Waals surface area (Å²) in [5.74, 6) is 0.878. The summed E-state index contributed by atoms with van der Waals surface area (Å²) in [5.41, 5.74) is 2.24. The molecule has 0 bridgehead atoms. The fraction of sp³-hybridized carbons (Fsp3) is 0.533. The molecular formula is C15H20Cl2N6. The van der Waals surface area contributed by atoms with Crippen molar-refractivity contribution in [2.45, 2.75) is 19.9 Å². The Bertz CT molecular complexity index is 661. The Morgan fingerprint density at radius 2 is 1.83 bits per heavy atom. The second-order valence-corrected chi connectivity index (χ2v) is 6.42. The predicted molar refractivity (Wildman–Crippen MR) is 92.1 cm³/mol. The van der Waals surface area contributed by atoms with Crippen molar-refractivity contribution in [3.05, 3.63) is 33.7 Å². The number of nitrogens with zero attached hydrogens (tertiary/aromatic N) is 6. The number of aromatic nitrogens is 4. The van der Waals surface area contributed by atoms with E-state index in [9.17, 15) is 0 Å². The van der Waals surface area contributed by atoms with Gasteiger partial charge in [0, 0.05) is 45.3 Å². The van der Waals surface area contributed by atoms with Crippen LogP contribution in [0.25, 0.3) is 0 Å². The molecule has 0 aromatic carbocycles. The molecule has 0 radical (unpaired) electrons. The van der Waals surface area contributed by atoms with E-state index in [0.29, 0.717) is 5.15 Å².